The van der Waals surface area contributed by atoms with Gasteiger partial charge in [0.2, 0.25) is 0 Å². The van der Waals surface area contributed by atoms with Crippen LogP contribution in [0.2, 0.25) is 0 Å². The van der Waals surface area contributed by atoms with E-state index in [4.69, 9.17) is 0 Å². The second kappa shape index (κ2) is 6.12. The topological polar surface area (TPSA) is 25.8 Å². The van der Waals surface area contributed by atoms with Gasteiger partial charge < -0.3 is 0 Å². The van der Waals surface area contributed by atoms with Crippen LogP contribution in [0.15, 0.2) is 31.6 Å². The molecule has 1 aromatic rings. The van der Waals surface area contributed by atoms with Gasteiger partial charge in [0.1, 0.15) is 5.82 Å². The molecule has 0 saturated carbocycles. The number of rotatable bonds is 2. The first-order valence-electron chi connectivity index (χ1n) is 4.34. The molecule has 0 bridgehead atoms. The summed E-state index contributed by atoms with van der Waals surface area (Å²) in [5.41, 5.74) is 1.77. The minimum Gasteiger partial charge on any atom is -0.241 e. The molecule has 1 heterocycles. The summed E-state index contributed by atoms with van der Waals surface area (Å²) >= 11 is 0. The van der Waals surface area contributed by atoms with Gasteiger partial charge in [0.15, 0.2) is 0 Å². The van der Waals surface area contributed by atoms with Crippen molar-refractivity contribution < 1.29 is 0 Å². The minimum absolute atomic E-state index is 0.769. The fraction of sp³-hybridized carbons (Fsp3) is 0.273. The van der Waals surface area contributed by atoms with Crippen LogP contribution in [0.5, 0.6) is 0 Å². The zero-order chi connectivity index (χ0) is 10.3. The van der Waals surface area contributed by atoms with Gasteiger partial charge in [-0.1, -0.05) is 33.1 Å². The molecule has 0 atom stereocenters. The summed E-state index contributed by atoms with van der Waals surface area (Å²) < 4.78 is 0. The monoisotopic (exact) mass is 176 g/mol. The maximum atomic E-state index is 4.03. The van der Waals surface area contributed by atoms with Crippen molar-refractivity contribution in [3.8, 4) is 0 Å². The van der Waals surface area contributed by atoms with E-state index in [0.29, 0.717) is 0 Å². The molecule has 0 saturated heterocycles. The van der Waals surface area contributed by atoms with Crippen LogP contribution in [0.25, 0.3) is 5.57 Å². The molecule has 2 heteroatoms. The lowest BCUT2D eigenvalue weighted by Crippen LogP contribution is -1.88. The van der Waals surface area contributed by atoms with Crippen LogP contribution >= 0.6 is 0 Å². The van der Waals surface area contributed by atoms with Crippen LogP contribution in [0.3, 0.4) is 0 Å². The number of allylic oxidation sites excluding steroid dienone is 2. The Hall–Kier alpha value is -1.44. The van der Waals surface area contributed by atoms with Crippen molar-refractivity contribution in [2.75, 3.05) is 0 Å². The summed E-state index contributed by atoms with van der Waals surface area (Å²) in [6.07, 6.45) is 5.17. The Kier molecular flexibility index (Phi) is 5.44. The Morgan fingerprint density at radius 3 is 2.15 bits per heavy atom. The third-order valence-electron chi connectivity index (χ3n) is 1.40. The Balaban J connectivity index is 0.000000671. The molecule has 0 aliphatic heterocycles. The lowest BCUT2D eigenvalue weighted by atomic mass is 10.2. The maximum absolute atomic E-state index is 4.03. The molecule has 1 rings (SSSR count). The highest BCUT2D eigenvalue weighted by molar-refractivity contribution is 5.70. The average Bonchev–Trinajstić information content (AvgIpc) is 2.21. The molecule has 0 radical (unpaired) electrons. The smallest absolute Gasteiger partial charge is 0.125 e. The van der Waals surface area contributed by atoms with E-state index in [-0.39, 0.29) is 0 Å². The van der Waals surface area contributed by atoms with E-state index in [1.807, 2.05) is 20.8 Å². The van der Waals surface area contributed by atoms with E-state index in [2.05, 4.69) is 23.1 Å². The standard InChI is InChI=1S/C9H10N2.C2H6/c1-4-7(2)9-5-10-8(3)11-6-9;1-2/h4-6H,1-2H2,3H3;1-2H3. The first-order valence-corrected chi connectivity index (χ1v) is 4.34. The molecule has 0 spiro atoms. The summed E-state index contributed by atoms with van der Waals surface area (Å²) in [6, 6.07) is 0. The van der Waals surface area contributed by atoms with E-state index >= 15 is 0 Å². The van der Waals surface area contributed by atoms with Crippen LogP contribution in [-0.2, 0) is 0 Å². The van der Waals surface area contributed by atoms with E-state index < -0.39 is 0 Å². The Morgan fingerprint density at radius 1 is 1.31 bits per heavy atom. The van der Waals surface area contributed by atoms with Gasteiger partial charge in [-0.3, -0.25) is 0 Å². The van der Waals surface area contributed by atoms with Crippen molar-refractivity contribution in [3.05, 3.63) is 43.0 Å². The molecule has 1 aromatic heterocycles. The fourth-order valence-electron chi connectivity index (χ4n) is 0.676. The summed E-state index contributed by atoms with van der Waals surface area (Å²) in [7, 11) is 0. The number of aromatic nitrogens is 2. The van der Waals surface area contributed by atoms with Crippen molar-refractivity contribution in [1.29, 1.82) is 0 Å². The quantitative estimate of drug-likeness (QED) is 0.647. The first-order chi connectivity index (χ1) is 6.24. The predicted molar refractivity (Wildman–Crippen MR) is 57.3 cm³/mol. The molecule has 0 aromatic carbocycles. The summed E-state index contributed by atoms with van der Waals surface area (Å²) in [6.45, 7) is 13.2. The van der Waals surface area contributed by atoms with Gasteiger partial charge in [-0.25, -0.2) is 9.97 Å². The van der Waals surface area contributed by atoms with Crippen LogP contribution < -0.4 is 0 Å². The van der Waals surface area contributed by atoms with Gasteiger partial charge in [-0.05, 0) is 12.5 Å². The van der Waals surface area contributed by atoms with Crippen molar-refractivity contribution >= 4 is 5.57 Å². The summed E-state index contributed by atoms with van der Waals surface area (Å²) in [4.78, 5) is 8.06. The zero-order valence-corrected chi connectivity index (χ0v) is 8.54. The van der Waals surface area contributed by atoms with Crippen molar-refractivity contribution in [2.24, 2.45) is 0 Å². The fourth-order valence-corrected chi connectivity index (χ4v) is 0.676. The average molecular weight is 176 g/mol. The van der Waals surface area contributed by atoms with Crippen LogP contribution in [0, 0.1) is 6.92 Å². The third kappa shape index (κ3) is 3.65. The highest BCUT2D eigenvalue weighted by atomic mass is 14.8. The normalized spacial score (nSPS) is 8.23. The third-order valence-corrected chi connectivity index (χ3v) is 1.40. The van der Waals surface area contributed by atoms with Gasteiger partial charge in [-0.2, -0.15) is 0 Å². The number of hydrogen-bond acceptors (Lipinski definition) is 2. The predicted octanol–water partition coefficient (Wildman–Crippen LogP) is 3.01. The SMILES string of the molecule is C=CC(=C)c1cnc(C)nc1.CC. The number of hydrogen-bond donors (Lipinski definition) is 0. The molecule has 0 unspecified atom stereocenters. The lowest BCUT2D eigenvalue weighted by molar-refractivity contribution is 1.05. The first kappa shape index (κ1) is 11.6. The molecule has 0 aliphatic carbocycles. The van der Waals surface area contributed by atoms with Gasteiger partial charge in [0.05, 0.1) is 0 Å². The molecule has 0 amide bonds. The minimum atomic E-state index is 0.769. The second-order valence-electron chi connectivity index (χ2n) is 2.25. The van der Waals surface area contributed by atoms with E-state index in [1.54, 1.807) is 18.5 Å². The molecule has 13 heavy (non-hydrogen) atoms. The van der Waals surface area contributed by atoms with Crippen LogP contribution in [0.1, 0.15) is 25.2 Å². The molecular formula is C11H16N2. The van der Waals surface area contributed by atoms with Gasteiger partial charge in [-0.15, -0.1) is 0 Å². The van der Waals surface area contributed by atoms with E-state index in [0.717, 1.165) is 17.0 Å². The maximum Gasteiger partial charge on any atom is 0.125 e. The molecular weight excluding hydrogens is 160 g/mol. The number of aryl methyl sites for hydroxylation is 1. The lowest BCUT2D eigenvalue weighted by Gasteiger charge is -1.97. The Labute approximate surface area is 80.1 Å². The highest BCUT2D eigenvalue weighted by Crippen LogP contribution is 2.09. The molecule has 0 fully saturated rings. The van der Waals surface area contributed by atoms with Crippen molar-refractivity contribution in [3.63, 3.8) is 0 Å². The van der Waals surface area contributed by atoms with E-state index in [9.17, 15) is 0 Å². The molecule has 0 aliphatic rings. The van der Waals surface area contributed by atoms with Crippen molar-refractivity contribution in [2.45, 2.75) is 20.8 Å². The van der Waals surface area contributed by atoms with Crippen molar-refractivity contribution in [1.82, 2.24) is 9.97 Å². The van der Waals surface area contributed by atoms with Crippen LogP contribution in [-0.4, -0.2) is 9.97 Å². The summed E-state index contributed by atoms with van der Waals surface area (Å²) in [5, 5.41) is 0. The second-order valence-corrected chi connectivity index (χ2v) is 2.25. The van der Waals surface area contributed by atoms with Gasteiger partial charge >= 0.3 is 0 Å². The van der Waals surface area contributed by atoms with Crippen LogP contribution in [0.4, 0.5) is 0 Å². The molecule has 0 N–H and O–H groups in total. The van der Waals surface area contributed by atoms with Gasteiger partial charge in [0, 0.05) is 18.0 Å². The number of nitrogens with zero attached hydrogens (tertiary/aromatic N) is 2. The highest BCUT2D eigenvalue weighted by Gasteiger charge is 1.93. The van der Waals surface area contributed by atoms with Gasteiger partial charge in [0.25, 0.3) is 0 Å². The zero-order valence-electron chi connectivity index (χ0n) is 8.54. The van der Waals surface area contributed by atoms with E-state index in [1.165, 1.54) is 0 Å². The molecule has 2 nitrogen and oxygen atoms in total. The molecule has 70 valence electrons. The Bertz CT molecular complexity index is 273. The largest absolute Gasteiger partial charge is 0.241 e. The summed E-state index contributed by atoms with van der Waals surface area (Å²) in [5.74, 6) is 0.769. The Morgan fingerprint density at radius 2 is 1.77 bits per heavy atom.